The van der Waals surface area contributed by atoms with E-state index in [4.69, 9.17) is 11.8 Å². The quantitative estimate of drug-likeness (QED) is 0.429. The molecule has 0 aliphatic carbocycles. The smallest absolute Gasteiger partial charge is 0.285 e. The van der Waals surface area contributed by atoms with Gasteiger partial charge in [-0.15, -0.1) is 0 Å². The molecule has 0 saturated heterocycles. The van der Waals surface area contributed by atoms with E-state index in [9.17, 15) is 21.6 Å². The molecule has 1 heterocycles. The Morgan fingerprint density at radius 1 is 1.07 bits per heavy atom. The number of hydrogen-bond donors (Lipinski definition) is 1. The van der Waals surface area contributed by atoms with Crippen LogP contribution in [0.1, 0.15) is 12.0 Å². The molecular weight excluding hydrogens is 427 g/mol. The van der Waals surface area contributed by atoms with Gasteiger partial charge >= 0.3 is 6.18 Å². The van der Waals surface area contributed by atoms with Gasteiger partial charge in [-0.05, 0) is 36.8 Å². The molecule has 0 unspecified atom stereocenters. The number of fused-ring (bicyclic) bond motifs is 1. The molecule has 154 valence electrons. The molecule has 1 N–H and O–H groups in total. The van der Waals surface area contributed by atoms with Crippen LogP contribution in [0.2, 0.25) is 0 Å². The van der Waals surface area contributed by atoms with E-state index in [0.29, 0.717) is 17.5 Å². The predicted molar refractivity (Wildman–Crippen MR) is 106 cm³/mol. The molecule has 0 spiro atoms. The second-order valence-electron chi connectivity index (χ2n) is 6.21. The van der Waals surface area contributed by atoms with Gasteiger partial charge in [0, 0.05) is 36.4 Å². The third-order valence-electron chi connectivity index (χ3n) is 4.19. The Morgan fingerprint density at radius 2 is 1.79 bits per heavy atom. The van der Waals surface area contributed by atoms with Gasteiger partial charge in [0.2, 0.25) is 10.0 Å². The summed E-state index contributed by atoms with van der Waals surface area (Å²) in [6, 6.07) is 12.8. The first kappa shape index (κ1) is 21.4. The number of sulfonamides is 1. The first-order valence-electron chi connectivity index (χ1n) is 8.62. The van der Waals surface area contributed by atoms with Crippen molar-refractivity contribution in [1.82, 2.24) is 9.71 Å². The van der Waals surface area contributed by atoms with Crippen molar-refractivity contribution in [3.8, 4) is 0 Å². The number of nitrogens with one attached hydrogen (secondary N) is 1. The van der Waals surface area contributed by atoms with Crippen LogP contribution in [0.25, 0.3) is 10.9 Å². The summed E-state index contributed by atoms with van der Waals surface area (Å²) >= 11 is 6.29. The number of nitrogens with zero attached hydrogens (tertiary/aromatic N) is 2. The van der Waals surface area contributed by atoms with E-state index in [1.807, 2.05) is 0 Å². The van der Waals surface area contributed by atoms with Crippen molar-refractivity contribution < 1.29 is 21.6 Å². The van der Waals surface area contributed by atoms with Crippen molar-refractivity contribution in [2.75, 3.05) is 17.5 Å². The fourth-order valence-corrected chi connectivity index (χ4v) is 4.11. The molecular formula is C19H17ClF3N3O2S. The molecule has 10 heteroatoms. The van der Waals surface area contributed by atoms with Gasteiger partial charge < -0.3 is 0 Å². The highest BCUT2D eigenvalue weighted by atomic mass is 35.5. The largest absolute Gasteiger partial charge is 0.416 e. The zero-order valence-corrected chi connectivity index (χ0v) is 16.6. The number of halogens is 4. The first-order valence-corrected chi connectivity index (χ1v) is 10.4. The molecule has 0 saturated carbocycles. The van der Waals surface area contributed by atoms with Gasteiger partial charge in [-0.2, -0.15) is 13.2 Å². The maximum Gasteiger partial charge on any atom is 0.416 e. The van der Waals surface area contributed by atoms with Gasteiger partial charge in [0.05, 0.1) is 21.7 Å². The topological polar surface area (TPSA) is 62.3 Å². The Balaban J connectivity index is 1.65. The summed E-state index contributed by atoms with van der Waals surface area (Å²) in [5, 5.41) is 0.473. The van der Waals surface area contributed by atoms with Gasteiger partial charge in [0.25, 0.3) is 0 Å². The molecule has 0 atom stereocenters. The van der Waals surface area contributed by atoms with Crippen LogP contribution in [0.15, 0.2) is 65.7 Å². The molecule has 3 aromatic rings. The number of rotatable bonds is 7. The molecule has 0 aliphatic heterocycles. The van der Waals surface area contributed by atoms with Crippen molar-refractivity contribution in [2.24, 2.45) is 0 Å². The number of anilines is 1. The number of hydrogen-bond acceptors (Lipinski definition) is 4. The highest BCUT2D eigenvalue weighted by molar-refractivity contribution is 7.89. The number of alkyl halides is 3. The molecule has 1 aromatic heterocycles. The lowest BCUT2D eigenvalue weighted by Crippen LogP contribution is -2.27. The fourth-order valence-electron chi connectivity index (χ4n) is 2.75. The molecule has 0 bridgehead atoms. The molecule has 2 aromatic carbocycles. The second-order valence-corrected chi connectivity index (χ2v) is 8.38. The molecule has 0 aliphatic rings. The minimum absolute atomic E-state index is 0.154. The number of aromatic nitrogens is 1. The highest BCUT2D eigenvalue weighted by Gasteiger charge is 2.30. The Labute approximate surface area is 171 Å². The minimum atomic E-state index is -4.46. The van der Waals surface area contributed by atoms with E-state index >= 15 is 0 Å². The third kappa shape index (κ3) is 5.17. The van der Waals surface area contributed by atoms with E-state index in [2.05, 4.69) is 9.71 Å². The highest BCUT2D eigenvalue weighted by Crippen LogP contribution is 2.33. The summed E-state index contributed by atoms with van der Waals surface area (Å²) < 4.78 is 66.8. The predicted octanol–water partition coefficient (Wildman–Crippen LogP) is 4.58. The van der Waals surface area contributed by atoms with Crippen molar-refractivity contribution in [3.05, 3.63) is 66.4 Å². The maximum atomic E-state index is 12.9. The first-order chi connectivity index (χ1) is 13.7. The van der Waals surface area contributed by atoms with Crippen LogP contribution in [0, 0.1) is 0 Å². The lowest BCUT2D eigenvalue weighted by atomic mass is 10.1. The van der Waals surface area contributed by atoms with Crippen LogP contribution in [0.4, 0.5) is 18.9 Å². The molecule has 0 fully saturated rings. The molecule has 3 rings (SSSR count). The van der Waals surface area contributed by atoms with Crippen LogP contribution in [-0.4, -0.2) is 26.5 Å². The summed E-state index contributed by atoms with van der Waals surface area (Å²) in [4.78, 5) is 4.15. The van der Waals surface area contributed by atoms with Crippen LogP contribution in [0.3, 0.4) is 0 Å². The SMILES string of the molecule is O=S(=O)(NCCCN(Cl)c1ccnc2cc(C(F)(F)F)ccc12)c1ccccc1. The van der Waals surface area contributed by atoms with Crippen molar-refractivity contribution in [3.63, 3.8) is 0 Å². The molecule has 29 heavy (non-hydrogen) atoms. The standard InChI is InChI=1S/C19H17ClF3N3O2S/c20-26(12-4-10-25-29(27,28)15-5-2-1-3-6-15)18-9-11-24-17-13-14(19(21,22)23)7-8-16(17)18/h1-3,5-9,11,13,25H,4,10,12H2. The normalized spacial score (nSPS) is 12.3. The van der Waals surface area contributed by atoms with Gasteiger partial charge in [-0.25, -0.2) is 13.1 Å². The lowest BCUT2D eigenvalue weighted by molar-refractivity contribution is -0.137. The van der Waals surface area contributed by atoms with Crippen molar-refractivity contribution in [2.45, 2.75) is 17.5 Å². The van der Waals surface area contributed by atoms with Crippen LogP contribution in [-0.2, 0) is 16.2 Å². The van der Waals surface area contributed by atoms with Crippen LogP contribution in [0.5, 0.6) is 0 Å². The van der Waals surface area contributed by atoms with Gasteiger partial charge in [0.1, 0.15) is 0 Å². The van der Waals surface area contributed by atoms with E-state index in [-0.39, 0.29) is 23.5 Å². The molecule has 0 radical (unpaired) electrons. The van der Waals surface area contributed by atoms with Crippen molar-refractivity contribution >= 4 is 38.4 Å². The van der Waals surface area contributed by atoms with E-state index in [1.165, 1.54) is 28.8 Å². The average Bonchev–Trinajstić information content (AvgIpc) is 2.70. The maximum absolute atomic E-state index is 12.9. The van der Waals surface area contributed by atoms with E-state index in [0.717, 1.165) is 12.1 Å². The summed E-state index contributed by atoms with van der Waals surface area (Å²) in [6.07, 6.45) is -2.69. The third-order valence-corrected chi connectivity index (χ3v) is 6.01. The second kappa shape index (κ2) is 8.56. The Bertz CT molecular complexity index is 1090. The lowest BCUT2D eigenvalue weighted by Gasteiger charge is -2.18. The Kier molecular flexibility index (Phi) is 6.30. The molecule has 0 amide bonds. The summed E-state index contributed by atoms with van der Waals surface area (Å²) in [5.41, 5.74) is -0.116. The van der Waals surface area contributed by atoms with Gasteiger partial charge in [-0.1, -0.05) is 24.3 Å². The summed E-state index contributed by atoms with van der Waals surface area (Å²) in [6.45, 7) is 0.431. The van der Waals surface area contributed by atoms with Crippen molar-refractivity contribution in [1.29, 1.82) is 0 Å². The van der Waals surface area contributed by atoms with E-state index in [1.54, 1.807) is 24.3 Å². The summed E-state index contributed by atoms with van der Waals surface area (Å²) in [5.74, 6) is 0. The van der Waals surface area contributed by atoms with Gasteiger partial charge in [-0.3, -0.25) is 9.40 Å². The minimum Gasteiger partial charge on any atom is -0.285 e. The Hall–Kier alpha value is -2.36. The summed E-state index contributed by atoms with van der Waals surface area (Å²) in [7, 11) is -3.60. The average molecular weight is 444 g/mol. The van der Waals surface area contributed by atoms with E-state index < -0.39 is 21.8 Å². The Morgan fingerprint density at radius 3 is 2.48 bits per heavy atom. The fraction of sp³-hybridized carbons (Fsp3) is 0.211. The number of pyridine rings is 1. The zero-order valence-electron chi connectivity index (χ0n) is 15.0. The van der Waals surface area contributed by atoms with Crippen LogP contribution < -0.4 is 9.14 Å². The monoisotopic (exact) mass is 443 g/mol. The van der Waals surface area contributed by atoms with Gasteiger partial charge in [0.15, 0.2) is 0 Å². The van der Waals surface area contributed by atoms with Crippen LogP contribution >= 0.6 is 11.8 Å². The molecule has 5 nitrogen and oxygen atoms in total. The zero-order chi connectivity index (χ0) is 21.1. The number of benzene rings is 2.